The van der Waals surface area contributed by atoms with Crippen LogP contribution in [-0.4, -0.2) is 35.1 Å². The van der Waals surface area contributed by atoms with Gasteiger partial charge in [-0.15, -0.1) is 0 Å². The van der Waals surface area contributed by atoms with Crippen molar-refractivity contribution >= 4 is 5.97 Å². The second kappa shape index (κ2) is 6.25. The highest BCUT2D eigenvalue weighted by molar-refractivity contribution is 5.74. The molecule has 1 saturated heterocycles. The molecule has 3 heteroatoms. The van der Waals surface area contributed by atoms with Gasteiger partial charge in [0.1, 0.15) is 0 Å². The number of carboxylic acid groups (broad SMARTS) is 1. The number of carboxylic acids is 1. The zero-order chi connectivity index (χ0) is 13.9. The monoisotopic (exact) mass is 267 g/mol. The number of piperidine rings is 1. The Kier molecular flexibility index (Phi) is 4.88. The zero-order valence-corrected chi connectivity index (χ0v) is 12.5. The first-order chi connectivity index (χ1) is 9.09. The smallest absolute Gasteiger partial charge is 0.309 e. The molecule has 2 fully saturated rings. The Morgan fingerprint density at radius 3 is 2.42 bits per heavy atom. The van der Waals surface area contributed by atoms with Crippen LogP contribution in [0.25, 0.3) is 0 Å². The highest BCUT2D eigenvalue weighted by Gasteiger charge is 2.42. The fourth-order valence-electron chi connectivity index (χ4n) is 4.17. The second-order valence-corrected chi connectivity index (χ2v) is 6.70. The maximum Gasteiger partial charge on any atom is 0.309 e. The van der Waals surface area contributed by atoms with Crippen molar-refractivity contribution in [3.05, 3.63) is 0 Å². The summed E-state index contributed by atoms with van der Waals surface area (Å²) in [6, 6.07) is 0.710. The quantitative estimate of drug-likeness (QED) is 0.847. The normalized spacial score (nSPS) is 32.1. The number of hydrogen-bond acceptors (Lipinski definition) is 2. The van der Waals surface area contributed by atoms with Gasteiger partial charge < -0.3 is 10.0 Å². The number of carbonyl (C=O) groups is 1. The molecular weight excluding hydrogens is 238 g/mol. The van der Waals surface area contributed by atoms with Gasteiger partial charge in [0.05, 0.1) is 5.41 Å². The van der Waals surface area contributed by atoms with E-state index in [2.05, 4.69) is 18.7 Å². The lowest BCUT2D eigenvalue weighted by molar-refractivity contribution is -0.153. The van der Waals surface area contributed by atoms with Crippen LogP contribution in [0.1, 0.15) is 65.2 Å². The Morgan fingerprint density at radius 1 is 1.26 bits per heavy atom. The van der Waals surface area contributed by atoms with Crippen LogP contribution in [0, 0.1) is 11.3 Å². The molecule has 19 heavy (non-hydrogen) atoms. The molecule has 0 amide bonds. The SMILES string of the molecule is CCCC1(C(=O)O)CCN(C2CCCCC2C)CC1. The van der Waals surface area contributed by atoms with Gasteiger partial charge >= 0.3 is 5.97 Å². The van der Waals surface area contributed by atoms with Gasteiger partial charge in [-0.3, -0.25) is 4.79 Å². The molecule has 110 valence electrons. The van der Waals surface area contributed by atoms with Crippen LogP contribution in [0.15, 0.2) is 0 Å². The molecule has 2 rings (SSSR count). The third-order valence-electron chi connectivity index (χ3n) is 5.47. The van der Waals surface area contributed by atoms with Crippen molar-refractivity contribution < 1.29 is 9.90 Å². The number of aliphatic carboxylic acids is 1. The largest absolute Gasteiger partial charge is 0.481 e. The molecule has 2 unspecified atom stereocenters. The van der Waals surface area contributed by atoms with Crippen molar-refractivity contribution in [2.24, 2.45) is 11.3 Å². The summed E-state index contributed by atoms with van der Waals surface area (Å²) in [4.78, 5) is 14.2. The van der Waals surface area contributed by atoms with Crippen molar-refractivity contribution in [2.75, 3.05) is 13.1 Å². The summed E-state index contributed by atoms with van der Waals surface area (Å²) in [5, 5.41) is 9.55. The van der Waals surface area contributed by atoms with Gasteiger partial charge in [-0.2, -0.15) is 0 Å². The van der Waals surface area contributed by atoms with Crippen LogP contribution >= 0.6 is 0 Å². The standard InChI is InChI=1S/C16H29NO2/c1-3-8-16(15(18)19)9-11-17(12-10-16)14-7-5-4-6-13(14)2/h13-14H,3-12H2,1-2H3,(H,18,19). The van der Waals surface area contributed by atoms with Gasteiger partial charge in [0, 0.05) is 6.04 Å². The molecule has 1 N–H and O–H groups in total. The van der Waals surface area contributed by atoms with E-state index in [1.165, 1.54) is 25.7 Å². The summed E-state index contributed by atoms with van der Waals surface area (Å²) < 4.78 is 0. The number of rotatable bonds is 4. The molecule has 0 spiro atoms. The number of likely N-dealkylation sites (tertiary alicyclic amines) is 1. The second-order valence-electron chi connectivity index (χ2n) is 6.70. The van der Waals surface area contributed by atoms with Gasteiger partial charge in [-0.05, 0) is 51.1 Å². The van der Waals surface area contributed by atoms with E-state index in [9.17, 15) is 9.90 Å². The molecular formula is C16H29NO2. The Labute approximate surface area is 117 Å². The Morgan fingerprint density at radius 2 is 1.89 bits per heavy atom. The summed E-state index contributed by atoms with van der Waals surface area (Å²) in [5.41, 5.74) is -0.427. The molecule has 0 bridgehead atoms. The van der Waals surface area contributed by atoms with E-state index in [-0.39, 0.29) is 0 Å². The van der Waals surface area contributed by atoms with E-state index in [1.54, 1.807) is 0 Å². The maximum atomic E-state index is 11.6. The van der Waals surface area contributed by atoms with E-state index < -0.39 is 11.4 Å². The topological polar surface area (TPSA) is 40.5 Å². The Bertz CT molecular complexity index is 308. The van der Waals surface area contributed by atoms with Crippen molar-refractivity contribution in [2.45, 2.75) is 71.3 Å². The lowest BCUT2D eigenvalue weighted by Crippen LogP contribution is -2.50. The van der Waals surface area contributed by atoms with E-state index in [4.69, 9.17) is 0 Å². The molecule has 0 aromatic rings. The van der Waals surface area contributed by atoms with Crippen LogP contribution in [0.5, 0.6) is 0 Å². The summed E-state index contributed by atoms with van der Waals surface area (Å²) in [7, 11) is 0. The van der Waals surface area contributed by atoms with E-state index in [1.807, 2.05) is 0 Å². The molecule has 2 atom stereocenters. The Balaban J connectivity index is 1.95. The van der Waals surface area contributed by atoms with Crippen molar-refractivity contribution in [3.63, 3.8) is 0 Å². The van der Waals surface area contributed by atoms with Crippen LogP contribution in [-0.2, 0) is 4.79 Å². The van der Waals surface area contributed by atoms with E-state index >= 15 is 0 Å². The van der Waals surface area contributed by atoms with Crippen molar-refractivity contribution in [1.29, 1.82) is 0 Å². The minimum absolute atomic E-state index is 0.427. The highest BCUT2D eigenvalue weighted by atomic mass is 16.4. The first-order valence-corrected chi connectivity index (χ1v) is 8.06. The van der Waals surface area contributed by atoms with Gasteiger partial charge in [-0.1, -0.05) is 33.1 Å². The average molecular weight is 267 g/mol. The molecule has 2 aliphatic rings. The first-order valence-electron chi connectivity index (χ1n) is 8.06. The maximum absolute atomic E-state index is 11.6. The molecule has 0 radical (unpaired) electrons. The van der Waals surface area contributed by atoms with Gasteiger partial charge in [-0.25, -0.2) is 0 Å². The minimum atomic E-state index is -0.564. The summed E-state index contributed by atoms with van der Waals surface area (Å²) in [6.45, 7) is 6.44. The summed E-state index contributed by atoms with van der Waals surface area (Å²) >= 11 is 0. The number of hydrogen-bond donors (Lipinski definition) is 1. The molecule has 1 aliphatic heterocycles. The summed E-state index contributed by atoms with van der Waals surface area (Å²) in [5.74, 6) is 0.225. The van der Waals surface area contributed by atoms with E-state index in [0.717, 1.165) is 44.7 Å². The van der Waals surface area contributed by atoms with Crippen LogP contribution in [0.3, 0.4) is 0 Å². The lowest BCUT2D eigenvalue weighted by Gasteiger charge is -2.45. The lowest BCUT2D eigenvalue weighted by atomic mass is 9.73. The highest BCUT2D eigenvalue weighted by Crippen LogP contribution is 2.39. The van der Waals surface area contributed by atoms with Gasteiger partial charge in [0.2, 0.25) is 0 Å². The average Bonchev–Trinajstić information content (AvgIpc) is 2.40. The molecule has 1 saturated carbocycles. The fraction of sp³-hybridized carbons (Fsp3) is 0.938. The molecule has 1 heterocycles. The van der Waals surface area contributed by atoms with Crippen molar-refractivity contribution in [1.82, 2.24) is 4.90 Å². The predicted octanol–water partition coefficient (Wildman–Crippen LogP) is 3.53. The van der Waals surface area contributed by atoms with Gasteiger partial charge in [0.15, 0.2) is 0 Å². The van der Waals surface area contributed by atoms with Crippen LogP contribution in [0.4, 0.5) is 0 Å². The molecule has 0 aromatic heterocycles. The molecule has 3 nitrogen and oxygen atoms in total. The summed E-state index contributed by atoms with van der Waals surface area (Å²) in [6.07, 6.45) is 8.90. The third-order valence-corrected chi connectivity index (χ3v) is 5.47. The van der Waals surface area contributed by atoms with Gasteiger partial charge in [0.25, 0.3) is 0 Å². The van der Waals surface area contributed by atoms with Crippen LogP contribution in [0.2, 0.25) is 0 Å². The predicted molar refractivity (Wildman–Crippen MR) is 77.2 cm³/mol. The minimum Gasteiger partial charge on any atom is -0.481 e. The zero-order valence-electron chi connectivity index (χ0n) is 12.5. The van der Waals surface area contributed by atoms with Crippen LogP contribution < -0.4 is 0 Å². The number of nitrogens with zero attached hydrogens (tertiary/aromatic N) is 1. The first kappa shape index (κ1) is 14.8. The fourth-order valence-corrected chi connectivity index (χ4v) is 4.17. The molecule has 0 aromatic carbocycles. The van der Waals surface area contributed by atoms with E-state index in [0.29, 0.717) is 6.04 Å². The third kappa shape index (κ3) is 3.13. The Hall–Kier alpha value is -0.570. The van der Waals surface area contributed by atoms with Crippen molar-refractivity contribution in [3.8, 4) is 0 Å². The molecule has 1 aliphatic carbocycles.